The first kappa shape index (κ1) is 15.7. The zero-order valence-corrected chi connectivity index (χ0v) is 14.5. The van der Waals surface area contributed by atoms with Crippen LogP contribution < -0.4 is 5.32 Å². The molecule has 1 saturated carbocycles. The number of nitrogens with one attached hydrogen (secondary N) is 2. The lowest BCUT2D eigenvalue weighted by atomic mass is 9.89. The third kappa shape index (κ3) is 2.94. The molecule has 1 aromatic carbocycles. The summed E-state index contributed by atoms with van der Waals surface area (Å²) >= 11 is 12.2. The Bertz CT molecular complexity index is 870. The molecular weight excluding hydrogens is 345 g/mol. The predicted molar refractivity (Wildman–Crippen MR) is 96.7 cm³/mol. The van der Waals surface area contributed by atoms with Gasteiger partial charge in [0.25, 0.3) is 0 Å². The Hall–Kier alpha value is -1.85. The van der Waals surface area contributed by atoms with Crippen LogP contribution in [-0.2, 0) is 6.42 Å². The molecule has 1 fully saturated rings. The van der Waals surface area contributed by atoms with Crippen molar-refractivity contribution in [3.05, 3.63) is 46.3 Å². The number of rotatable bonds is 4. The van der Waals surface area contributed by atoms with Gasteiger partial charge in [0.2, 0.25) is 0 Å². The molecule has 24 heavy (non-hydrogen) atoms. The molecule has 0 saturated heterocycles. The topological polar surface area (TPSA) is 66.5 Å². The summed E-state index contributed by atoms with van der Waals surface area (Å²) in [6.07, 6.45) is 8.80. The fraction of sp³-hybridized carbons (Fsp3) is 0.353. The molecule has 0 aliphatic heterocycles. The quantitative estimate of drug-likeness (QED) is 0.710. The maximum atomic E-state index is 6.18. The molecule has 2 aromatic heterocycles. The first-order chi connectivity index (χ1) is 11.7. The molecule has 1 aliphatic carbocycles. The van der Waals surface area contributed by atoms with E-state index in [9.17, 15) is 0 Å². The molecule has 2 N–H and O–H groups in total. The summed E-state index contributed by atoms with van der Waals surface area (Å²) in [4.78, 5) is 8.63. The van der Waals surface area contributed by atoms with Crippen LogP contribution in [0.3, 0.4) is 0 Å². The lowest BCUT2D eigenvalue weighted by molar-refractivity contribution is 0.477. The predicted octanol–water partition coefficient (Wildman–Crippen LogP) is 4.63. The Morgan fingerprint density at radius 3 is 2.75 bits per heavy atom. The van der Waals surface area contributed by atoms with Gasteiger partial charge in [-0.25, -0.2) is 9.97 Å². The minimum atomic E-state index is -0.0320. The number of hydrogen-bond donors (Lipinski definition) is 2. The Morgan fingerprint density at radius 2 is 1.96 bits per heavy atom. The van der Waals surface area contributed by atoms with Crippen molar-refractivity contribution in [1.82, 2.24) is 20.2 Å². The fourth-order valence-electron chi connectivity index (χ4n) is 3.55. The van der Waals surface area contributed by atoms with Crippen molar-refractivity contribution in [2.24, 2.45) is 0 Å². The first-order valence-corrected chi connectivity index (χ1v) is 8.77. The number of aromatic amines is 1. The van der Waals surface area contributed by atoms with Crippen LogP contribution >= 0.6 is 23.2 Å². The monoisotopic (exact) mass is 361 g/mol. The highest BCUT2D eigenvalue weighted by atomic mass is 35.5. The van der Waals surface area contributed by atoms with Crippen molar-refractivity contribution in [2.45, 2.75) is 37.6 Å². The highest BCUT2D eigenvalue weighted by molar-refractivity contribution is 6.42. The average molecular weight is 362 g/mol. The molecule has 0 atom stereocenters. The molecule has 0 amide bonds. The Labute approximate surface area is 149 Å². The van der Waals surface area contributed by atoms with Gasteiger partial charge in [0, 0.05) is 5.54 Å². The van der Waals surface area contributed by atoms with E-state index in [0.29, 0.717) is 10.0 Å². The molecule has 5 nitrogen and oxygen atoms in total. The zero-order valence-electron chi connectivity index (χ0n) is 13.0. The number of anilines is 1. The van der Waals surface area contributed by atoms with Crippen LogP contribution in [0.1, 0.15) is 31.2 Å². The van der Waals surface area contributed by atoms with E-state index in [0.717, 1.165) is 36.1 Å². The lowest BCUT2D eigenvalue weighted by Gasteiger charge is -2.31. The first-order valence-electron chi connectivity index (χ1n) is 8.01. The second-order valence-electron chi connectivity index (χ2n) is 6.39. The van der Waals surface area contributed by atoms with Crippen molar-refractivity contribution >= 4 is 40.1 Å². The van der Waals surface area contributed by atoms with Gasteiger partial charge >= 0.3 is 0 Å². The number of aromatic nitrogens is 4. The van der Waals surface area contributed by atoms with Gasteiger partial charge in [-0.2, -0.15) is 5.10 Å². The van der Waals surface area contributed by atoms with Crippen LogP contribution in [0.2, 0.25) is 10.0 Å². The maximum Gasteiger partial charge on any atom is 0.160 e. The minimum absolute atomic E-state index is 0.0320. The SMILES string of the molecule is Clc1ccc(CC2(Nc3ncnc4[nH]ncc34)CCCC2)cc1Cl. The van der Waals surface area contributed by atoms with E-state index < -0.39 is 0 Å². The molecule has 3 aromatic rings. The summed E-state index contributed by atoms with van der Waals surface area (Å²) in [5, 5.41) is 12.7. The molecule has 1 aliphatic rings. The van der Waals surface area contributed by atoms with Crippen molar-refractivity contribution in [2.75, 3.05) is 5.32 Å². The van der Waals surface area contributed by atoms with E-state index in [1.165, 1.54) is 18.4 Å². The standard InChI is InChI=1S/C17H17Cl2N5/c18-13-4-3-11(7-14(13)19)8-17(5-1-2-6-17)23-15-12-9-22-24-16(12)21-10-20-15/h3-4,7,9-10H,1-2,5-6,8H2,(H2,20,21,22,23,24). The summed E-state index contributed by atoms with van der Waals surface area (Å²) in [6.45, 7) is 0. The highest BCUT2D eigenvalue weighted by Crippen LogP contribution is 2.37. The van der Waals surface area contributed by atoms with Crippen molar-refractivity contribution in [3.63, 3.8) is 0 Å². The van der Waals surface area contributed by atoms with Gasteiger partial charge in [0.15, 0.2) is 5.65 Å². The number of nitrogens with zero attached hydrogens (tertiary/aromatic N) is 3. The number of benzene rings is 1. The van der Waals surface area contributed by atoms with E-state index >= 15 is 0 Å². The van der Waals surface area contributed by atoms with Gasteiger partial charge in [0.05, 0.1) is 21.6 Å². The van der Waals surface area contributed by atoms with E-state index in [4.69, 9.17) is 23.2 Å². The van der Waals surface area contributed by atoms with E-state index in [2.05, 4.69) is 25.5 Å². The van der Waals surface area contributed by atoms with Crippen molar-refractivity contribution in [1.29, 1.82) is 0 Å². The molecule has 0 spiro atoms. The van der Waals surface area contributed by atoms with Crippen LogP contribution in [0.4, 0.5) is 5.82 Å². The van der Waals surface area contributed by atoms with E-state index in [-0.39, 0.29) is 5.54 Å². The van der Waals surface area contributed by atoms with Crippen LogP contribution in [0.15, 0.2) is 30.7 Å². The van der Waals surface area contributed by atoms with Crippen LogP contribution in [0, 0.1) is 0 Å². The zero-order chi connectivity index (χ0) is 16.6. The Kier molecular flexibility index (Phi) is 4.06. The molecular formula is C17H17Cl2N5. The molecule has 124 valence electrons. The summed E-state index contributed by atoms with van der Waals surface area (Å²) in [5.74, 6) is 0.829. The largest absolute Gasteiger partial charge is 0.364 e. The van der Waals surface area contributed by atoms with E-state index in [1.54, 1.807) is 12.5 Å². The molecule has 0 bridgehead atoms. The van der Waals surface area contributed by atoms with Crippen molar-refractivity contribution < 1.29 is 0 Å². The number of halogens is 2. The van der Waals surface area contributed by atoms with Crippen LogP contribution in [0.5, 0.6) is 0 Å². The van der Waals surface area contributed by atoms with Gasteiger partial charge in [0.1, 0.15) is 12.1 Å². The van der Waals surface area contributed by atoms with Crippen LogP contribution in [0.25, 0.3) is 11.0 Å². The molecule has 0 unspecified atom stereocenters. The number of hydrogen-bond acceptors (Lipinski definition) is 4. The smallest absolute Gasteiger partial charge is 0.160 e. The molecule has 7 heteroatoms. The summed E-state index contributed by atoms with van der Waals surface area (Å²) < 4.78 is 0. The van der Waals surface area contributed by atoms with Crippen LogP contribution in [-0.4, -0.2) is 25.7 Å². The third-order valence-electron chi connectivity index (χ3n) is 4.72. The molecule has 2 heterocycles. The van der Waals surface area contributed by atoms with Gasteiger partial charge in [-0.05, 0) is 37.0 Å². The van der Waals surface area contributed by atoms with Gasteiger partial charge < -0.3 is 5.32 Å². The summed E-state index contributed by atoms with van der Waals surface area (Å²) in [7, 11) is 0. The average Bonchev–Trinajstić information content (AvgIpc) is 3.21. The van der Waals surface area contributed by atoms with Gasteiger partial charge in [-0.1, -0.05) is 42.1 Å². The summed E-state index contributed by atoms with van der Waals surface area (Å²) in [6, 6.07) is 5.86. The van der Waals surface area contributed by atoms with Gasteiger partial charge in [-0.3, -0.25) is 5.10 Å². The second-order valence-corrected chi connectivity index (χ2v) is 7.21. The normalized spacial score (nSPS) is 16.6. The van der Waals surface area contributed by atoms with Crippen molar-refractivity contribution in [3.8, 4) is 0 Å². The van der Waals surface area contributed by atoms with E-state index in [1.807, 2.05) is 18.2 Å². The Morgan fingerprint density at radius 1 is 1.12 bits per heavy atom. The lowest BCUT2D eigenvalue weighted by Crippen LogP contribution is -2.38. The summed E-state index contributed by atoms with van der Waals surface area (Å²) in [5.41, 5.74) is 1.89. The molecule has 0 radical (unpaired) electrons. The number of fused-ring (bicyclic) bond motifs is 1. The highest BCUT2D eigenvalue weighted by Gasteiger charge is 2.35. The fourth-order valence-corrected chi connectivity index (χ4v) is 3.87. The Balaban J connectivity index is 1.66. The van der Waals surface area contributed by atoms with Gasteiger partial charge in [-0.15, -0.1) is 0 Å². The maximum absolute atomic E-state index is 6.18. The minimum Gasteiger partial charge on any atom is -0.364 e. The third-order valence-corrected chi connectivity index (χ3v) is 5.46. The second kappa shape index (κ2) is 6.22. The number of H-pyrrole nitrogens is 1. The molecule has 4 rings (SSSR count).